The summed E-state index contributed by atoms with van der Waals surface area (Å²) in [5.41, 5.74) is 4.23. The van der Waals surface area contributed by atoms with Gasteiger partial charge in [-0.15, -0.1) is 0 Å². The molecule has 5 nitrogen and oxygen atoms in total. The molecule has 0 bridgehead atoms. The van der Waals surface area contributed by atoms with Crippen LogP contribution >= 0.6 is 0 Å². The molecule has 1 saturated carbocycles. The minimum atomic E-state index is -0.306. The van der Waals surface area contributed by atoms with E-state index in [4.69, 9.17) is 0 Å². The second-order valence-corrected chi connectivity index (χ2v) is 10.5. The second kappa shape index (κ2) is 11.2. The van der Waals surface area contributed by atoms with Crippen LogP contribution in [-0.4, -0.2) is 45.7 Å². The zero-order valence-electron chi connectivity index (χ0n) is 21.9. The molecule has 2 unspecified atom stereocenters. The molecule has 1 aliphatic rings. The first-order chi connectivity index (χ1) is 18.4. The molecule has 0 saturated heterocycles. The Morgan fingerprint density at radius 1 is 0.974 bits per heavy atom. The third-order valence-corrected chi connectivity index (χ3v) is 7.51. The van der Waals surface area contributed by atoms with E-state index in [9.17, 15) is 14.0 Å². The van der Waals surface area contributed by atoms with Crippen LogP contribution in [0.2, 0.25) is 0 Å². The van der Waals surface area contributed by atoms with E-state index in [0.717, 1.165) is 28.5 Å². The largest absolute Gasteiger partial charge is 0.361 e. The lowest BCUT2D eigenvalue weighted by Crippen LogP contribution is -2.46. The highest BCUT2D eigenvalue weighted by atomic mass is 19.1. The van der Waals surface area contributed by atoms with Crippen molar-refractivity contribution < 1.29 is 14.0 Å². The number of hydrogen-bond donors (Lipinski definition) is 1. The van der Waals surface area contributed by atoms with Crippen molar-refractivity contribution in [2.45, 2.75) is 45.2 Å². The van der Waals surface area contributed by atoms with Crippen LogP contribution in [0.15, 0.2) is 85.1 Å². The van der Waals surface area contributed by atoms with Crippen LogP contribution in [0.1, 0.15) is 42.9 Å². The van der Waals surface area contributed by atoms with Crippen molar-refractivity contribution in [3.05, 3.63) is 108 Å². The maximum absolute atomic E-state index is 13.7. The highest BCUT2D eigenvalue weighted by Gasteiger charge is 2.46. The quantitative estimate of drug-likeness (QED) is 0.287. The summed E-state index contributed by atoms with van der Waals surface area (Å²) >= 11 is 0. The Morgan fingerprint density at radius 3 is 2.42 bits per heavy atom. The molecule has 1 fully saturated rings. The molecule has 2 amide bonds. The van der Waals surface area contributed by atoms with Crippen LogP contribution < -0.4 is 0 Å². The van der Waals surface area contributed by atoms with Crippen molar-refractivity contribution in [1.82, 2.24) is 14.8 Å². The highest BCUT2D eigenvalue weighted by Crippen LogP contribution is 2.48. The molecule has 2 atom stereocenters. The summed E-state index contributed by atoms with van der Waals surface area (Å²) in [5, 5.41) is 1.14. The van der Waals surface area contributed by atoms with Gasteiger partial charge in [-0.1, -0.05) is 60.7 Å². The summed E-state index contributed by atoms with van der Waals surface area (Å²) in [6.45, 7) is 4.80. The van der Waals surface area contributed by atoms with Crippen molar-refractivity contribution in [2.75, 3.05) is 13.1 Å². The van der Waals surface area contributed by atoms with E-state index in [1.165, 1.54) is 17.7 Å². The highest BCUT2D eigenvalue weighted by molar-refractivity contribution is 5.88. The Kier molecular flexibility index (Phi) is 7.59. The maximum Gasteiger partial charge on any atom is 0.242 e. The molecule has 4 aromatic rings. The van der Waals surface area contributed by atoms with Gasteiger partial charge in [0.15, 0.2) is 0 Å². The lowest BCUT2D eigenvalue weighted by molar-refractivity contribution is -0.143. The van der Waals surface area contributed by atoms with Gasteiger partial charge >= 0.3 is 0 Å². The molecule has 1 N–H and O–H groups in total. The van der Waals surface area contributed by atoms with Crippen molar-refractivity contribution in [3.63, 3.8) is 0 Å². The Balaban J connectivity index is 1.31. The minimum absolute atomic E-state index is 0.0313. The number of nitrogens with one attached hydrogen (secondary N) is 1. The number of hydrogen-bond acceptors (Lipinski definition) is 2. The smallest absolute Gasteiger partial charge is 0.242 e. The Morgan fingerprint density at radius 2 is 1.68 bits per heavy atom. The number of halogens is 1. The van der Waals surface area contributed by atoms with Crippen LogP contribution in [-0.2, 0) is 22.6 Å². The number of nitrogens with zero attached hydrogens (tertiary/aromatic N) is 2. The number of rotatable bonds is 10. The van der Waals surface area contributed by atoms with Gasteiger partial charge in [-0.2, -0.15) is 0 Å². The topological polar surface area (TPSA) is 56.4 Å². The van der Waals surface area contributed by atoms with Gasteiger partial charge in [0.05, 0.1) is 6.54 Å². The molecule has 6 heteroatoms. The van der Waals surface area contributed by atoms with Gasteiger partial charge in [-0.3, -0.25) is 9.59 Å². The fraction of sp³-hybridized carbons (Fsp3) is 0.312. The zero-order chi connectivity index (χ0) is 26.6. The SMILES string of the molecule is CC(C)N(CC(=O)N(CCc1c[nH]c2ccccc12)Cc1ccc(F)cc1)C(=O)C1CC1c1ccccc1. The van der Waals surface area contributed by atoms with Crippen LogP contribution in [0.5, 0.6) is 0 Å². The van der Waals surface area contributed by atoms with E-state index >= 15 is 0 Å². The number of benzene rings is 3. The van der Waals surface area contributed by atoms with Crippen molar-refractivity contribution in [3.8, 4) is 0 Å². The van der Waals surface area contributed by atoms with Crippen molar-refractivity contribution in [1.29, 1.82) is 0 Å². The lowest BCUT2D eigenvalue weighted by atomic mass is 10.1. The third kappa shape index (κ3) is 5.80. The van der Waals surface area contributed by atoms with Crippen LogP contribution in [0.4, 0.5) is 4.39 Å². The van der Waals surface area contributed by atoms with Gasteiger partial charge < -0.3 is 14.8 Å². The molecule has 0 radical (unpaired) electrons. The van der Waals surface area contributed by atoms with E-state index in [1.807, 2.05) is 56.4 Å². The third-order valence-electron chi connectivity index (χ3n) is 7.51. The predicted molar refractivity (Wildman–Crippen MR) is 148 cm³/mol. The average molecular weight is 512 g/mol. The van der Waals surface area contributed by atoms with Gasteiger partial charge in [-0.05, 0) is 67.5 Å². The number of fused-ring (bicyclic) bond motifs is 1. The summed E-state index contributed by atoms with van der Waals surface area (Å²) in [4.78, 5) is 34.0. The van der Waals surface area contributed by atoms with Gasteiger partial charge in [0, 0.05) is 42.1 Å². The van der Waals surface area contributed by atoms with Gasteiger partial charge in [-0.25, -0.2) is 4.39 Å². The summed E-state index contributed by atoms with van der Waals surface area (Å²) in [6, 6.07) is 24.4. The fourth-order valence-corrected chi connectivity index (χ4v) is 5.21. The molecule has 196 valence electrons. The Labute approximate surface area is 223 Å². The second-order valence-electron chi connectivity index (χ2n) is 10.5. The molecule has 1 aliphatic carbocycles. The summed E-state index contributed by atoms with van der Waals surface area (Å²) in [6.07, 6.45) is 3.48. The number of carbonyl (C=O) groups is 2. The number of aromatic nitrogens is 1. The first-order valence-corrected chi connectivity index (χ1v) is 13.3. The molecule has 1 heterocycles. The average Bonchev–Trinajstić information content (AvgIpc) is 3.63. The summed E-state index contributed by atoms with van der Waals surface area (Å²) < 4.78 is 13.5. The van der Waals surface area contributed by atoms with E-state index in [2.05, 4.69) is 23.2 Å². The van der Waals surface area contributed by atoms with E-state index in [1.54, 1.807) is 21.9 Å². The van der Waals surface area contributed by atoms with Crippen LogP contribution in [0.3, 0.4) is 0 Å². The van der Waals surface area contributed by atoms with E-state index < -0.39 is 0 Å². The Hall–Kier alpha value is -3.93. The van der Waals surface area contributed by atoms with Crippen molar-refractivity contribution >= 4 is 22.7 Å². The molecule has 5 rings (SSSR count). The first kappa shape index (κ1) is 25.7. The monoisotopic (exact) mass is 511 g/mol. The van der Waals surface area contributed by atoms with E-state index in [0.29, 0.717) is 19.5 Å². The number of H-pyrrole nitrogens is 1. The van der Waals surface area contributed by atoms with Crippen LogP contribution in [0, 0.1) is 11.7 Å². The lowest BCUT2D eigenvalue weighted by Gasteiger charge is -2.30. The normalized spacial score (nSPS) is 16.5. The minimum Gasteiger partial charge on any atom is -0.361 e. The van der Waals surface area contributed by atoms with E-state index in [-0.39, 0.29) is 42.1 Å². The molecule has 38 heavy (non-hydrogen) atoms. The zero-order valence-corrected chi connectivity index (χ0v) is 21.9. The van der Waals surface area contributed by atoms with Gasteiger partial charge in [0.2, 0.25) is 11.8 Å². The Bertz CT molecular complexity index is 1400. The number of amides is 2. The molecule has 0 spiro atoms. The first-order valence-electron chi connectivity index (χ1n) is 13.3. The standard InChI is InChI=1S/C32H34FN3O2/c1-22(2)36(32(38)29-18-28(29)24-8-4-3-5-9-24)21-31(37)35(20-23-12-14-26(33)15-13-23)17-16-25-19-34-30-11-7-6-10-27(25)30/h3-15,19,22,28-29,34H,16-18,20-21H2,1-2H3. The molecule has 0 aliphatic heterocycles. The molecular formula is C32H34FN3O2. The van der Waals surface area contributed by atoms with Crippen molar-refractivity contribution in [2.24, 2.45) is 5.92 Å². The maximum atomic E-state index is 13.7. The number of carbonyl (C=O) groups excluding carboxylic acids is 2. The summed E-state index contributed by atoms with van der Waals surface area (Å²) in [5.74, 6) is -0.227. The number of para-hydroxylation sites is 1. The molecule has 1 aromatic heterocycles. The predicted octanol–water partition coefficient (Wildman–Crippen LogP) is 5.92. The molecule has 3 aromatic carbocycles. The molecular weight excluding hydrogens is 477 g/mol. The van der Waals surface area contributed by atoms with Gasteiger partial charge in [0.25, 0.3) is 0 Å². The summed E-state index contributed by atoms with van der Waals surface area (Å²) in [7, 11) is 0. The van der Waals surface area contributed by atoms with Crippen LogP contribution in [0.25, 0.3) is 10.9 Å². The van der Waals surface area contributed by atoms with Gasteiger partial charge in [0.1, 0.15) is 5.82 Å². The fourth-order valence-electron chi connectivity index (χ4n) is 5.21. The number of aromatic amines is 1.